The average Bonchev–Trinajstić information content (AvgIpc) is 2.85. The maximum absolute atomic E-state index is 12.3. The van der Waals surface area contributed by atoms with Gasteiger partial charge in [-0.15, -0.1) is 0 Å². The summed E-state index contributed by atoms with van der Waals surface area (Å²) in [6, 6.07) is 0. The van der Waals surface area contributed by atoms with Crippen LogP contribution in [0.3, 0.4) is 0 Å². The Morgan fingerprint density at radius 2 is 1.22 bits per heavy atom. The third kappa shape index (κ3) is 22.5. The van der Waals surface area contributed by atoms with E-state index in [4.69, 9.17) is 23.7 Å². The van der Waals surface area contributed by atoms with Crippen molar-refractivity contribution in [2.75, 3.05) is 86.7 Å². The Hall–Kier alpha value is -2.45. The molecule has 0 aromatic carbocycles. The van der Waals surface area contributed by atoms with Crippen LogP contribution in [0, 0.1) is 5.92 Å². The van der Waals surface area contributed by atoms with Crippen LogP contribution in [0.2, 0.25) is 0 Å². The molecule has 0 rings (SSSR count). The van der Waals surface area contributed by atoms with E-state index >= 15 is 0 Å². The molecule has 0 aromatic rings. The zero-order chi connectivity index (χ0) is 27.7. The normalized spacial score (nSPS) is 11.5. The van der Waals surface area contributed by atoms with Gasteiger partial charge in [-0.05, 0) is 6.92 Å². The van der Waals surface area contributed by atoms with Gasteiger partial charge in [0.1, 0.15) is 12.4 Å². The van der Waals surface area contributed by atoms with Gasteiger partial charge < -0.3 is 39.6 Å². The second-order valence-corrected chi connectivity index (χ2v) is 8.04. The minimum atomic E-state index is -0.777. The lowest BCUT2D eigenvalue weighted by Crippen LogP contribution is -2.37. The van der Waals surface area contributed by atoms with Crippen LogP contribution < -0.4 is 16.0 Å². The number of Topliss-reactive ketones (excluding diaryl/α,β-unsaturated/α-hetero) is 2. The molecule has 3 N–H and O–H groups in total. The second-order valence-electron chi connectivity index (χ2n) is 8.04. The van der Waals surface area contributed by atoms with Gasteiger partial charge in [-0.1, -0.05) is 0 Å². The summed E-state index contributed by atoms with van der Waals surface area (Å²) in [5.74, 6) is -1.83. The Bertz CT molecular complexity index is 675. The molecule has 0 unspecified atom stereocenters. The van der Waals surface area contributed by atoms with Crippen molar-refractivity contribution in [3.8, 4) is 0 Å². The Morgan fingerprint density at radius 3 is 1.76 bits per heavy atom. The largest absolute Gasteiger partial charge is 0.379 e. The van der Waals surface area contributed by atoms with E-state index in [0.717, 1.165) is 0 Å². The molecule has 0 radical (unpaired) electrons. The predicted molar refractivity (Wildman–Crippen MR) is 133 cm³/mol. The third-order valence-electron chi connectivity index (χ3n) is 4.79. The van der Waals surface area contributed by atoms with Gasteiger partial charge in [0.05, 0.1) is 58.8 Å². The minimum absolute atomic E-state index is 0.0828. The second kappa shape index (κ2) is 23.9. The van der Waals surface area contributed by atoms with Crippen LogP contribution in [0.1, 0.15) is 32.6 Å². The topological polar surface area (TPSA) is 168 Å². The van der Waals surface area contributed by atoms with E-state index in [0.29, 0.717) is 46.0 Å². The van der Waals surface area contributed by atoms with Crippen molar-refractivity contribution in [1.82, 2.24) is 16.0 Å². The summed E-state index contributed by atoms with van der Waals surface area (Å²) in [5, 5.41) is 7.83. The molecule has 0 bridgehead atoms. The van der Waals surface area contributed by atoms with Gasteiger partial charge in [-0.25, -0.2) is 0 Å². The van der Waals surface area contributed by atoms with Crippen molar-refractivity contribution in [3.05, 3.63) is 0 Å². The Kier molecular flexibility index (Phi) is 22.3. The summed E-state index contributed by atoms with van der Waals surface area (Å²) in [6.07, 6.45) is 0.426. The van der Waals surface area contributed by atoms with Crippen molar-refractivity contribution in [3.63, 3.8) is 0 Å². The lowest BCUT2D eigenvalue weighted by molar-refractivity contribution is -0.134. The molecule has 3 amide bonds. The molecule has 0 saturated heterocycles. The summed E-state index contributed by atoms with van der Waals surface area (Å²) >= 11 is 0. The van der Waals surface area contributed by atoms with Crippen molar-refractivity contribution >= 4 is 29.3 Å². The number of ketones is 2. The zero-order valence-electron chi connectivity index (χ0n) is 22.3. The van der Waals surface area contributed by atoms with Gasteiger partial charge >= 0.3 is 0 Å². The predicted octanol–water partition coefficient (Wildman–Crippen LogP) is -0.988. The van der Waals surface area contributed by atoms with Crippen LogP contribution in [-0.2, 0) is 47.7 Å². The first kappa shape index (κ1) is 34.6. The highest BCUT2D eigenvalue weighted by Gasteiger charge is 2.24. The lowest BCUT2D eigenvalue weighted by atomic mass is 9.97. The molecule has 13 nitrogen and oxygen atoms in total. The molecule has 0 saturated carbocycles. The van der Waals surface area contributed by atoms with Crippen LogP contribution >= 0.6 is 0 Å². The molecule has 13 heteroatoms. The highest BCUT2D eigenvalue weighted by Crippen LogP contribution is 2.10. The maximum atomic E-state index is 12.3. The van der Waals surface area contributed by atoms with Gasteiger partial charge in [-0.2, -0.15) is 0 Å². The van der Waals surface area contributed by atoms with E-state index in [1.54, 1.807) is 0 Å². The van der Waals surface area contributed by atoms with E-state index in [1.165, 1.54) is 21.1 Å². The molecule has 0 fully saturated rings. The van der Waals surface area contributed by atoms with Gasteiger partial charge in [0.15, 0.2) is 5.78 Å². The van der Waals surface area contributed by atoms with E-state index in [-0.39, 0.29) is 75.6 Å². The molecular formula is C24H43N3O10. The first-order valence-corrected chi connectivity index (χ1v) is 12.4. The first-order chi connectivity index (χ1) is 17.8. The molecule has 0 aliphatic carbocycles. The van der Waals surface area contributed by atoms with Gasteiger partial charge in [-0.3, -0.25) is 24.0 Å². The van der Waals surface area contributed by atoms with Crippen LogP contribution in [0.4, 0.5) is 0 Å². The van der Waals surface area contributed by atoms with E-state index in [2.05, 4.69) is 16.0 Å². The molecule has 0 aliphatic rings. The summed E-state index contributed by atoms with van der Waals surface area (Å²) < 4.78 is 26.1. The molecule has 0 spiro atoms. The number of carbonyl (C=O) groups is 5. The number of amides is 3. The number of nitrogens with one attached hydrogen (secondary N) is 3. The number of methoxy groups -OCH3 is 1. The third-order valence-corrected chi connectivity index (χ3v) is 4.79. The molecule has 0 aromatic heterocycles. The number of hydrogen-bond acceptors (Lipinski definition) is 10. The molecule has 1 atom stereocenters. The first-order valence-electron chi connectivity index (χ1n) is 12.4. The smallest absolute Gasteiger partial charge is 0.224 e. The van der Waals surface area contributed by atoms with E-state index in [1.807, 2.05) is 0 Å². The Morgan fingerprint density at radius 1 is 0.676 bits per heavy atom. The van der Waals surface area contributed by atoms with Crippen LogP contribution in [0.5, 0.6) is 0 Å². The Balaban J connectivity index is 3.70. The maximum Gasteiger partial charge on any atom is 0.224 e. The van der Waals surface area contributed by atoms with Gasteiger partial charge in [0, 0.05) is 52.9 Å². The fourth-order valence-corrected chi connectivity index (χ4v) is 2.84. The van der Waals surface area contributed by atoms with Crippen LogP contribution in [0.25, 0.3) is 0 Å². The van der Waals surface area contributed by atoms with Gasteiger partial charge in [0.25, 0.3) is 0 Å². The molecule has 214 valence electrons. The van der Waals surface area contributed by atoms with Crippen LogP contribution in [0.15, 0.2) is 0 Å². The monoisotopic (exact) mass is 533 g/mol. The quantitative estimate of drug-likeness (QED) is 0.124. The summed E-state index contributed by atoms with van der Waals surface area (Å²) in [7, 11) is 2.85. The number of ether oxygens (including phenoxy) is 5. The number of carbonyl (C=O) groups excluding carboxylic acids is 5. The minimum Gasteiger partial charge on any atom is -0.379 e. The molecule has 37 heavy (non-hydrogen) atoms. The van der Waals surface area contributed by atoms with Crippen molar-refractivity contribution < 1.29 is 47.7 Å². The average molecular weight is 534 g/mol. The van der Waals surface area contributed by atoms with Crippen molar-refractivity contribution in [2.24, 2.45) is 5.92 Å². The van der Waals surface area contributed by atoms with Crippen molar-refractivity contribution in [1.29, 1.82) is 0 Å². The van der Waals surface area contributed by atoms with Crippen molar-refractivity contribution in [2.45, 2.75) is 32.6 Å². The number of rotatable bonds is 25. The SMILES string of the molecule is CNC(=O)C[C@H](CC(=O)COC)C(=O)NCCOCCOCCC(=O)NCCOCCOCCC(C)=O. The van der Waals surface area contributed by atoms with Crippen LogP contribution in [-0.4, -0.2) is 116 Å². The molecule has 0 heterocycles. The highest BCUT2D eigenvalue weighted by atomic mass is 16.5. The van der Waals surface area contributed by atoms with E-state index < -0.39 is 11.8 Å². The summed E-state index contributed by atoms with van der Waals surface area (Å²) in [4.78, 5) is 58.2. The molecule has 0 aliphatic heterocycles. The molecular weight excluding hydrogens is 490 g/mol. The standard InChI is InChI=1S/C24H43N3O10/c1-19(28)4-8-34-12-14-36-10-6-26-22(30)5-9-35-13-15-37-11-7-27-24(32)20(17-23(31)25-2)16-21(29)18-33-3/h20H,4-18H2,1-3H3,(H,25,31)(H,26,30)(H,27,32)/t20-/m0/s1. The summed E-state index contributed by atoms with van der Waals surface area (Å²) in [5.41, 5.74) is 0. The van der Waals surface area contributed by atoms with E-state index in [9.17, 15) is 24.0 Å². The lowest BCUT2D eigenvalue weighted by Gasteiger charge is -2.15. The fourth-order valence-electron chi connectivity index (χ4n) is 2.84. The zero-order valence-corrected chi connectivity index (χ0v) is 22.3. The number of hydrogen-bond donors (Lipinski definition) is 3. The van der Waals surface area contributed by atoms with Gasteiger partial charge in [0.2, 0.25) is 17.7 Å². The fraction of sp³-hybridized carbons (Fsp3) is 0.792. The Labute approximate surface area is 218 Å². The summed E-state index contributed by atoms with van der Waals surface area (Å²) in [6.45, 7) is 4.59. The highest BCUT2D eigenvalue weighted by molar-refractivity contribution is 5.90.